The summed E-state index contributed by atoms with van der Waals surface area (Å²) in [4.78, 5) is 0. The summed E-state index contributed by atoms with van der Waals surface area (Å²) in [5.41, 5.74) is 5.23. The van der Waals surface area contributed by atoms with Crippen molar-refractivity contribution in [2.75, 3.05) is 0 Å². The van der Waals surface area contributed by atoms with Gasteiger partial charge in [0.15, 0.2) is 0 Å². The van der Waals surface area contributed by atoms with Gasteiger partial charge in [-0.3, -0.25) is 0 Å². The van der Waals surface area contributed by atoms with E-state index in [0.29, 0.717) is 0 Å². The fourth-order valence-corrected chi connectivity index (χ4v) is 11.6. The SMILES string of the molecule is c1ccc2c(c1)sc1c(-c3ccc4sc5c(-c6ccc7sc8sc9ccccc9c8c7c6)cccc5c4c3)cccc12. The monoisotopic (exact) mass is 604 g/mol. The van der Waals surface area contributed by atoms with Crippen molar-refractivity contribution in [1.82, 2.24) is 0 Å². The van der Waals surface area contributed by atoms with Crippen molar-refractivity contribution < 1.29 is 0 Å². The number of rotatable bonds is 2. The van der Waals surface area contributed by atoms with Crippen LogP contribution in [0.25, 0.3) is 92.2 Å². The second-order valence-electron chi connectivity index (χ2n) is 10.8. The Hall–Kier alpha value is -4.06. The molecule has 0 saturated carbocycles. The predicted molar refractivity (Wildman–Crippen MR) is 191 cm³/mol. The van der Waals surface area contributed by atoms with Crippen LogP contribution in [0.1, 0.15) is 0 Å². The quantitative estimate of drug-likeness (QED) is 0.184. The zero-order chi connectivity index (χ0) is 27.4. The van der Waals surface area contributed by atoms with E-state index in [2.05, 4.69) is 121 Å². The van der Waals surface area contributed by atoms with Gasteiger partial charge in [0.05, 0.1) is 4.01 Å². The van der Waals surface area contributed by atoms with E-state index < -0.39 is 0 Å². The van der Waals surface area contributed by atoms with Gasteiger partial charge in [0.1, 0.15) is 0 Å². The van der Waals surface area contributed by atoms with Crippen LogP contribution in [-0.2, 0) is 0 Å². The molecule has 42 heavy (non-hydrogen) atoms. The largest absolute Gasteiger partial charge is 0.135 e. The van der Waals surface area contributed by atoms with Crippen molar-refractivity contribution in [2.24, 2.45) is 0 Å². The maximum atomic E-state index is 2.43. The fourth-order valence-electron chi connectivity index (χ4n) is 6.60. The summed E-state index contributed by atoms with van der Waals surface area (Å²) < 4.78 is 9.59. The van der Waals surface area contributed by atoms with E-state index in [9.17, 15) is 0 Å². The highest BCUT2D eigenvalue weighted by atomic mass is 32.2. The molecule has 0 saturated heterocycles. The lowest BCUT2D eigenvalue weighted by Gasteiger charge is -2.05. The Morgan fingerprint density at radius 3 is 1.52 bits per heavy atom. The number of hydrogen-bond acceptors (Lipinski definition) is 4. The van der Waals surface area contributed by atoms with Crippen LogP contribution in [0.3, 0.4) is 0 Å². The standard InChI is InChI=1S/C38H20S4/c1-3-13-31-25(7-1)26-11-5-9-23(36(26)39-31)21-15-17-33-29(19-21)27-12-6-10-24(37(27)40-33)22-16-18-34-30(20-22)35-28-8-2-4-14-32(28)41-38(35)42-34/h1-20H. The van der Waals surface area contributed by atoms with Crippen LogP contribution in [0.4, 0.5) is 0 Å². The summed E-state index contributed by atoms with van der Waals surface area (Å²) >= 11 is 7.66. The summed E-state index contributed by atoms with van der Waals surface area (Å²) in [6.07, 6.45) is 0. The van der Waals surface area contributed by atoms with Gasteiger partial charge in [-0.15, -0.1) is 45.3 Å². The minimum absolute atomic E-state index is 1.29. The third-order valence-electron chi connectivity index (χ3n) is 8.54. The van der Waals surface area contributed by atoms with Gasteiger partial charge in [-0.2, -0.15) is 0 Å². The average Bonchev–Trinajstić information content (AvgIpc) is 3.78. The molecule has 0 spiro atoms. The minimum atomic E-state index is 1.29. The fraction of sp³-hybridized carbons (Fsp3) is 0. The second kappa shape index (κ2) is 8.73. The number of thiophene rings is 4. The van der Waals surface area contributed by atoms with E-state index in [0.717, 1.165) is 0 Å². The first-order valence-corrected chi connectivity index (χ1v) is 17.3. The molecule has 0 fully saturated rings. The highest BCUT2D eigenvalue weighted by molar-refractivity contribution is 7.44. The third-order valence-corrected chi connectivity index (χ3v) is 13.4. The molecule has 0 amide bonds. The molecule has 10 aromatic rings. The Bertz CT molecular complexity index is 2690. The highest BCUT2D eigenvalue weighted by Crippen LogP contribution is 2.47. The van der Waals surface area contributed by atoms with Gasteiger partial charge in [-0.05, 0) is 58.7 Å². The summed E-state index contributed by atoms with van der Waals surface area (Å²) in [7, 11) is 0. The first-order chi connectivity index (χ1) is 20.8. The van der Waals surface area contributed by atoms with Gasteiger partial charge in [0, 0.05) is 65.9 Å². The Morgan fingerprint density at radius 1 is 0.333 bits per heavy atom. The lowest BCUT2D eigenvalue weighted by molar-refractivity contribution is 1.74. The van der Waals surface area contributed by atoms with Gasteiger partial charge in [-0.25, -0.2) is 0 Å². The van der Waals surface area contributed by atoms with E-state index in [1.54, 1.807) is 0 Å². The predicted octanol–water partition coefficient (Wildman–Crippen LogP) is 13.3. The molecule has 0 aliphatic carbocycles. The molecule has 196 valence electrons. The minimum Gasteiger partial charge on any atom is -0.135 e. The maximum absolute atomic E-state index is 2.43. The maximum Gasteiger partial charge on any atom is 0.0890 e. The number of benzene rings is 6. The van der Waals surface area contributed by atoms with Crippen LogP contribution >= 0.6 is 45.3 Å². The lowest BCUT2D eigenvalue weighted by atomic mass is 9.98. The van der Waals surface area contributed by atoms with Crippen LogP contribution in [-0.4, -0.2) is 0 Å². The molecule has 0 radical (unpaired) electrons. The van der Waals surface area contributed by atoms with Crippen LogP contribution in [0.15, 0.2) is 121 Å². The van der Waals surface area contributed by atoms with Crippen molar-refractivity contribution in [2.45, 2.75) is 0 Å². The van der Waals surface area contributed by atoms with Gasteiger partial charge in [0.25, 0.3) is 0 Å². The number of fused-ring (bicyclic) bond motifs is 11. The molecule has 0 aliphatic heterocycles. The van der Waals surface area contributed by atoms with E-state index >= 15 is 0 Å². The van der Waals surface area contributed by atoms with Gasteiger partial charge < -0.3 is 0 Å². The summed E-state index contributed by atoms with van der Waals surface area (Å²) in [6.45, 7) is 0. The Labute approximate surface area is 257 Å². The lowest BCUT2D eigenvalue weighted by Crippen LogP contribution is -1.79. The van der Waals surface area contributed by atoms with E-state index in [1.165, 1.54) is 92.2 Å². The first kappa shape index (κ1) is 23.5. The summed E-state index contributed by atoms with van der Waals surface area (Å²) in [5, 5.41) is 9.55. The molecule has 10 rings (SSSR count). The molecule has 6 aromatic carbocycles. The first-order valence-electron chi connectivity index (χ1n) is 14.0. The van der Waals surface area contributed by atoms with Crippen LogP contribution in [0.5, 0.6) is 0 Å². The van der Waals surface area contributed by atoms with Crippen LogP contribution in [0.2, 0.25) is 0 Å². The second-order valence-corrected chi connectivity index (χ2v) is 15.3. The van der Waals surface area contributed by atoms with Crippen molar-refractivity contribution in [1.29, 1.82) is 0 Å². The molecule has 4 heteroatoms. The molecule has 0 N–H and O–H groups in total. The number of hydrogen-bond donors (Lipinski definition) is 0. The Morgan fingerprint density at radius 2 is 0.833 bits per heavy atom. The molecule has 0 atom stereocenters. The Kier molecular flexibility index (Phi) is 4.88. The summed E-state index contributed by atoms with van der Waals surface area (Å²) in [5.74, 6) is 0. The molecule has 0 bridgehead atoms. The van der Waals surface area contributed by atoms with Gasteiger partial charge in [0.2, 0.25) is 0 Å². The normalized spacial score (nSPS) is 12.3. The Balaban J connectivity index is 1.17. The van der Waals surface area contributed by atoms with Crippen LogP contribution < -0.4 is 0 Å². The van der Waals surface area contributed by atoms with Crippen molar-refractivity contribution >= 4 is 115 Å². The van der Waals surface area contributed by atoms with E-state index in [4.69, 9.17) is 0 Å². The van der Waals surface area contributed by atoms with Crippen molar-refractivity contribution in [3.8, 4) is 22.3 Å². The molecule has 0 unspecified atom stereocenters. The summed E-state index contributed by atoms with van der Waals surface area (Å²) in [6, 6.07) is 45.3. The molecule has 0 nitrogen and oxygen atoms in total. The van der Waals surface area contributed by atoms with E-state index in [1.807, 2.05) is 45.3 Å². The van der Waals surface area contributed by atoms with Crippen molar-refractivity contribution in [3.05, 3.63) is 121 Å². The molecular weight excluding hydrogens is 585 g/mol. The third kappa shape index (κ3) is 3.26. The zero-order valence-corrected chi connectivity index (χ0v) is 25.4. The van der Waals surface area contributed by atoms with Crippen molar-refractivity contribution in [3.63, 3.8) is 0 Å². The highest BCUT2D eigenvalue weighted by Gasteiger charge is 2.16. The molecule has 4 aromatic heterocycles. The molecule has 0 aliphatic rings. The smallest absolute Gasteiger partial charge is 0.0890 e. The molecular formula is C38H20S4. The molecule has 4 heterocycles. The van der Waals surface area contributed by atoms with Gasteiger partial charge >= 0.3 is 0 Å². The topological polar surface area (TPSA) is 0 Å². The van der Waals surface area contributed by atoms with Gasteiger partial charge in [-0.1, -0.05) is 84.9 Å². The van der Waals surface area contributed by atoms with Crippen LogP contribution in [0, 0.1) is 0 Å². The zero-order valence-electron chi connectivity index (χ0n) is 22.2. The van der Waals surface area contributed by atoms with E-state index in [-0.39, 0.29) is 0 Å². The average molecular weight is 605 g/mol.